The minimum atomic E-state index is -0.847. The number of hydrogen-bond donors (Lipinski definition) is 1. The van der Waals surface area contributed by atoms with Gasteiger partial charge in [-0.3, -0.25) is 0 Å². The SMILES string of the molecule is CCOC(=O)c1cccc(C#CC2(O)CCCC2)c1. The van der Waals surface area contributed by atoms with Crippen molar-refractivity contribution in [2.24, 2.45) is 0 Å². The van der Waals surface area contributed by atoms with Crippen LogP contribution in [-0.2, 0) is 4.74 Å². The Bertz CT molecular complexity index is 516. The molecule has 1 N–H and O–H groups in total. The summed E-state index contributed by atoms with van der Waals surface area (Å²) in [6, 6.07) is 7.00. The van der Waals surface area contributed by atoms with E-state index in [1.807, 2.05) is 6.07 Å². The van der Waals surface area contributed by atoms with E-state index in [9.17, 15) is 9.90 Å². The lowest BCUT2D eigenvalue weighted by Gasteiger charge is -2.12. The van der Waals surface area contributed by atoms with Crippen molar-refractivity contribution in [3.05, 3.63) is 35.4 Å². The Kier molecular flexibility index (Phi) is 4.24. The topological polar surface area (TPSA) is 46.5 Å². The summed E-state index contributed by atoms with van der Waals surface area (Å²) in [5.74, 6) is 5.54. The monoisotopic (exact) mass is 258 g/mol. The molecular weight excluding hydrogens is 240 g/mol. The zero-order chi connectivity index (χ0) is 13.7. The van der Waals surface area contributed by atoms with Gasteiger partial charge in [-0.25, -0.2) is 4.79 Å². The molecule has 0 radical (unpaired) electrons. The van der Waals surface area contributed by atoms with Crippen molar-refractivity contribution in [3.63, 3.8) is 0 Å². The first-order valence-corrected chi connectivity index (χ1v) is 6.66. The quantitative estimate of drug-likeness (QED) is 0.655. The van der Waals surface area contributed by atoms with E-state index in [0.29, 0.717) is 12.2 Å². The van der Waals surface area contributed by atoms with Crippen LogP contribution in [0.1, 0.15) is 48.5 Å². The van der Waals surface area contributed by atoms with Crippen molar-refractivity contribution in [2.45, 2.75) is 38.2 Å². The van der Waals surface area contributed by atoms with E-state index >= 15 is 0 Å². The maximum absolute atomic E-state index is 11.6. The van der Waals surface area contributed by atoms with Gasteiger partial charge in [-0.1, -0.05) is 17.9 Å². The van der Waals surface area contributed by atoms with Crippen LogP contribution in [-0.4, -0.2) is 23.3 Å². The molecule has 0 aliphatic heterocycles. The fourth-order valence-corrected chi connectivity index (χ4v) is 2.21. The van der Waals surface area contributed by atoms with Crippen molar-refractivity contribution in [1.29, 1.82) is 0 Å². The molecule has 2 rings (SSSR count). The summed E-state index contributed by atoms with van der Waals surface area (Å²) in [6.07, 6.45) is 3.51. The molecule has 1 fully saturated rings. The average molecular weight is 258 g/mol. The normalized spacial score (nSPS) is 16.5. The fourth-order valence-electron chi connectivity index (χ4n) is 2.21. The van der Waals surface area contributed by atoms with Crippen molar-refractivity contribution in [1.82, 2.24) is 0 Å². The highest BCUT2D eigenvalue weighted by Gasteiger charge is 2.28. The molecule has 0 bridgehead atoms. The van der Waals surface area contributed by atoms with Gasteiger partial charge in [0.15, 0.2) is 0 Å². The molecule has 100 valence electrons. The number of esters is 1. The van der Waals surface area contributed by atoms with Crippen molar-refractivity contribution in [2.75, 3.05) is 6.61 Å². The molecular formula is C16H18O3. The summed E-state index contributed by atoms with van der Waals surface area (Å²) in [7, 11) is 0. The van der Waals surface area contributed by atoms with E-state index in [1.165, 1.54) is 0 Å². The van der Waals surface area contributed by atoms with Gasteiger partial charge in [0.05, 0.1) is 12.2 Å². The van der Waals surface area contributed by atoms with Gasteiger partial charge < -0.3 is 9.84 Å². The third-order valence-corrected chi connectivity index (χ3v) is 3.24. The largest absolute Gasteiger partial charge is 0.462 e. The zero-order valence-corrected chi connectivity index (χ0v) is 11.1. The number of rotatable bonds is 2. The Morgan fingerprint density at radius 2 is 2.16 bits per heavy atom. The standard InChI is InChI=1S/C16H18O3/c1-2-19-15(17)14-7-5-6-13(12-14)8-11-16(18)9-3-4-10-16/h5-7,12,18H,2-4,9-10H2,1H3. The summed E-state index contributed by atoms with van der Waals surface area (Å²) in [6.45, 7) is 2.13. The highest BCUT2D eigenvalue weighted by Crippen LogP contribution is 2.28. The third kappa shape index (κ3) is 3.59. The van der Waals surface area contributed by atoms with Crippen LogP contribution in [0.3, 0.4) is 0 Å². The lowest BCUT2D eigenvalue weighted by Crippen LogP contribution is -2.20. The van der Waals surface area contributed by atoms with Crippen LogP contribution in [0, 0.1) is 11.8 Å². The molecule has 0 amide bonds. The first kappa shape index (κ1) is 13.6. The number of benzene rings is 1. The minimum Gasteiger partial charge on any atom is -0.462 e. The molecule has 0 unspecified atom stereocenters. The first-order chi connectivity index (χ1) is 9.13. The second kappa shape index (κ2) is 5.90. The number of hydrogen-bond acceptors (Lipinski definition) is 3. The second-order valence-electron chi connectivity index (χ2n) is 4.79. The molecule has 1 aromatic carbocycles. The average Bonchev–Trinajstić information content (AvgIpc) is 2.85. The number of aliphatic hydroxyl groups is 1. The molecule has 3 heteroatoms. The van der Waals surface area contributed by atoms with Crippen LogP contribution in [0.5, 0.6) is 0 Å². The van der Waals surface area contributed by atoms with E-state index < -0.39 is 5.60 Å². The van der Waals surface area contributed by atoms with Crippen LogP contribution < -0.4 is 0 Å². The van der Waals surface area contributed by atoms with Gasteiger partial charge >= 0.3 is 5.97 Å². The Balaban J connectivity index is 2.15. The van der Waals surface area contributed by atoms with Crippen LogP contribution >= 0.6 is 0 Å². The zero-order valence-electron chi connectivity index (χ0n) is 11.1. The van der Waals surface area contributed by atoms with Crippen LogP contribution in [0.25, 0.3) is 0 Å². The lowest BCUT2D eigenvalue weighted by atomic mass is 10.0. The molecule has 1 aliphatic rings. The molecule has 0 heterocycles. The lowest BCUT2D eigenvalue weighted by molar-refractivity contribution is 0.0526. The molecule has 1 aliphatic carbocycles. The second-order valence-corrected chi connectivity index (χ2v) is 4.79. The molecule has 1 aromatic rings. The Labute approximate surface area is 113 Å². The maximum atomic E-state index is 11.6. The van der Waals surface area contributed by atoms with Gasteiger partial charge in [-0.05, 0) is 50.8 Å². The molecule has 0 atom stereocenters. The predicted molar refractivity (Wildman–Crippen MR) is 72.7 cm³/mol. The van der Waals surface area contributed by atoms with E-state index in [1.54, 1.807) is 25.1 Å². The molecule has 0 saturated heterocycles. The van der Waals surface area contributed by atoms with Gasteiger partial charge in [0.25, 0.3) is 0 Å². The van der Waals surface area contributed by atoms with E-state index in [2.05, 4.69) is 11.8 Å². The molecule has 1 saturated carbocycles. The van der Waals surface area contributed by atoms with Crippen LogP contribution in [0.2, 0.25) is 0 Å². The van der Waals surface area contributed by atoms with Gasteiger partial charge in [0.2, 0.25) is 0 Å². The van der Waals surface area contributed by atoms with E-state index in [-0.39, 0.29) is 5.97 Å². The molecule has 0 aromatic heterocycles. The maximum Gasteiger partial charge on any atom is 0.338 e. The number of carbonyl (C=O) groups excluding carboxylic acids is 1. The highest BCUT2D eigenvalue weighted by atomic mass is 16.5. The Morgan fingerprint density at radius 1 is 1.42 bits per heavy atom. The summed E-state index contributed by atoms with van der Waals surface area (Å²) in [4.78, 5) is 11.6. The molecule has 19 heavy (non-hydrogen) atoms. The predicted octanol–water partition coefficient (Wildman–Crippen LogP) is 2.52. The van der Waals surface area contributed by atoms with Crippen molar-refractivity contribution < 1.29 is 14.6 Å². The molecule has 3 nitrogen and oxygen atoms in total. The van der Waals surface area contributed by atoms with Gasteiger partial charge in [0.1, 0.15) is 5.60 Å². The Morgan fingerprint density at radius 3 is 2.84 bits per heavy atom. The summed E-state index contributed by atoms with van der Waals surface area (Å²) in [5, 5.41) is 10.2. The van der Waals surface area contributed by atoms with E-state index in [0.717, 1.165) is 31.2 Å². The first-order valence-electron chi connectivity index (χ1n) is 6.66. The highest BCUT2D eigenvalue weighted by molar-refractivity contribution is 5.89. The summed E-state index contributed by atoms with van der Waals surface area (Å²) in [5.41, 5.74) is 0.373. The van der Waals surface area contributed by atoms with Gasteiger partial charge in [-0.15, -0.1) is 0 Å². The van der Waals surface area contributed by atoms with Crippen molar-refractivity contribution >= 4 is 5.97 Å². The van der Waals surface area contributed by atoms with Crippen molar-refractivity contribution in [3.8, 4) is 11.8 Å². The van der Waals surface area contributed by atoms with E-state index in [4.69, 9.17) is 4.74 Å². The Hall–Kier alpha value is -1.79. The molecule has 0 spiro atoms. The van der Waals surface area contributed by atoms with Crippen LogP contribution in [0.4, 0.5) is 0 Å². The number of carbonyl (C=O) groups is 1. The van der Waals surface area contributed by atoms with Gasteiger partial charge in [0, 0.05) is 5.56 Å². The fraction of sp³-hybridized carbons (Fsp3) is 0.438. The van der Waals surface area contributed by atoms with Gasteiger partial charge in [-0.2, -0.15) is 0 Å². The van der Waals surface area contributed by atoms with Crippen LogP contribution in [0.15, 0.2) is 24.3 Å². The third-order valence-electron chi connectivity index (χ3n) is 3.24. The summed E-state index contributed by atoms with van der Waals surface area (Å²) < 4.78 is 4.94. The summed E-state index contributed by atoms with van der Waals surface area (Å²) >= 11 is 0. The number of ether oxygens (including phenoxy) is 1. The smallest absolute Gasteiger partial charge is 0.338 e. The minimum absolute atomic E-state index is 0.342.